The number of aromatic nitrogens is 2. The average Bonchev–Trinajstić information content (AvgIpc) is 2.48. The number of rotatable bonds is 1. The largest absolute Gasteiger partial charge is 0.374 e. The lowest BCUT2D eigenvalue weighted by atomic mass is 10.4. The molecule has 2 aromatic heterocycles. The molecule has 2 heterocycles. The molecule has 4 heteroatoms. The first kappa shape index (κ1) is 7.61. The fourth-order valence-electron chi connectivity index (χ4n) is 1.19. The molecule has 0 aliphatic rings. The Labute approximate surface area is 78.6 Å². The molecule has 0 atom stereocenters. The van der Waals surface area contributed by atoms with Crippen LogP contribution < -0.4 is 5.32 Å². The van der Waals surface area contributed by atoms with Gasteiger partial charge in [-0.15, -0.1) is 0 Å². The minimum atomic E-state index is 0.875. The predicted molar refractivity (Wildman–Crippen MR) is 52.4 cm³/mol. The molecule has 0 spiro atoms. The van der Waals surface area contributed by atoms with Crippen molar-refractivity contribution in [2.75, 3.05) is 12.4 Å². The van der Waals surface area contributed by atoms with Crippen molar-refractivity contribution in [2.24, 2.45) is 0 Å². The molecule has 3 nitrogen and oxygen atoms in total. The first-order valence-corrected chi connectivity index (χ1v) is 4.41. The van der Waals surface area contributed by atoms with Crippen LogP contribution in [0.15, 0.2) is 29.1 Å². The summed E-state index contributed by atoms with van der Waals surface area (Å²) in [5, 5.41) is 3.09. The topological polar surface area (TPSA) is 29.3 Å². The molecule has 0 saturated heterocycles. The van der Waals surface area contributed by atoms with E-state index in [0.29, 0.717) is 0 Å². The van der Waals surface area contributed by atoms with Gasteiger partial charge in [0.1, 0.15) is 16.7 Å². The highest BCUT2D eigenvalue weighted by atomic mass is 79.9. The number of hydrogen-bond acceptors (Lipinski definition) is 2. The van der Waals surface area contributed by atoms with Crippen molar-refractivity contribution in [3.05, 3.63) is 29.1 Å². The van der Waals surface area contributed by atoms with Crippen LogP contribution >= 0.6 is 15.9 Å². The van der Waals surface area contributed by atoms with Crippen LogP contribution in [-0.2, 0) is 0 Å². The Bertz CT molecular complexity index is 408. The molecular formula is C8H8BrN3. The Morgan fingerprint density at radius 1 is 1.50 bits per heavy atom. The summed E-state index contributed by atoms with van der Waals surface area (Å²) in [7, 11) is 1.89. The summed E-state index contributed by atoms with van der Waals surface area (Å²) in [5.41, 5.74) is 1.07. The Morgan fingerprint density at radius 3 is 3.08 bits per heavy atom. The summed E-state index contributed by atoms with van der Waals surface area (Å²) in [4.78, 5) is 4.14. The van der Waals surface area contributed by atoms with Crippen LogP contribution in [0.25, 0.3) is 5.52 Å². The number of nitrogens with zero attached hydrogens (tertiary/aromatic N) is 2. The van der Waals surface area contributed by atoms with E-state index in [9.17, 15) is 0 Å². The third kappa shape index (κ3) is 0.992. The predicted octanol–water partition coefficient (Wildman–Crippen LogP) is 2.14. The summed E-state index contributed by atoms with van der Waals surface area (Å²) in [5.74, 6) is 1.03. The summed E-state index contributed by atoms with van der Waals surface area (Å²) in [6, 6.07) is 6.01. The van der Waals surface area contributed by atoms with Gasteiger partial charge in [-0.3, -0.25) is 4.40 Å². The van der Waals surface area contributed by atoms with Gasteiger partial charge in [-0.25, -0.2) is 4.98 Å². The third-order valence-electron chi connectivity index (χ3n) is 1.78. The molecule has 12 heavy (non-hydrogen) atoms. The van der Waals surface area contributed by atoms with Crippen LogP contribution in [0.1, 0.15) is 0 Å². The maximum atomic E-state index is 4.14. The quantitative estimate of drug-likeness (QED) is 0.807. The van der Waals surface area contributed by atoms with E-state index in [0.717, 1.165) is 15.9 Å². The first-order chi connectivity index (χ1) is 5.83. The molecule has 1 N–H and O–H groups in total. The Kier molecular flexibility index (Phi) is 1.77. The van der Waals surface area contributed by atoms with E-state index < -0.39 is 0 Å². The summed E-state index contributed by atoms with van der Waals surface area (Å²) in [6.07, 6.45) is 1.78. The van der Waals surface area contributed by atoms with Gasteiger partial charge in [-0.1, -0.05) is 6.07 Å². The van der Waals surface area contributed by atoms with Crippen molar-refractivity contribution < 1.29 is 0 Å². The van der Waals surface area contributed by atoms with E-state index in [1.807, 2.05) is 29.6 Å². The van der Waals surface area contributed by atoms with Gasteiger partial charge in [0.25, 0.3) is 0 Å². The number of nitrogens with one attached hydrogen (secondary N) is 1. The number of hydrogen-bond donors (Lipinski definition) is 1. The monoisotopic (exact) mass is 225 g/mol. The SMILES string of the molecule is CNc1cccc2c(Br)ncn12. The third-order valence-corrected chi connectivity index (χ3v) is 2.39. The van der Waals surface area contributed by atoms with Crippen LogP contribution in [0, 0.1) is 0 Å². The molecule has 0 bridgehead atoms. The standard InChI is InChI=1S/C8H8BrN3/c1-10-7-4-2-3-6-8(9)11-5-12(6)7/h2-5,10H,1H3. The van der Waals surface area contributed by atoms with Gasteiger partial charge in [0.2, 0.25) is 0 Å². The van der Waals surface area contributed by atoms with E-state index in [1.165, 1.54) is 0 Å². The Balaban J connectivity index is 2.81. The van der Waals surface area contributed by atoms with E-state index in [4.69, 9.17) is 0 Å². The van der Waals surface area contributed by atoms with Gasteiger partial charge in [0.05, 0.1) is 5.52 Å². The normalized spacial score (nSPS) is 10.5. The molecule has 62 valence electrons. The maximum Gasteiger partial charge on any atom is 0.131 e. The lowest BCUT2D eigenvalue weighted by molar-refractivity contribution is 1.14. The molecule has 2 aromatic rings. The molecule has 0 aromatic carbocycles. The van der Waals surface area contributed by atoms with Crippen LogP contribution in [0.2, 0.25) is 0 Å². The molecule has 0 fully saturated rings. The van der Waals surface area contributed by atoms with Crippen LogP contribution in [0.4, 0.5) is 5.82 Å². The van der Waals surface area contributed by atoms with Crippen molar-refractivity contribution in [2.45, 2.75) is 0 Å². The molecular weight excluding hydrogens is 218 g/mol. The second kappa shape index (κ2) is 2.79. The van der Waals surface area contributed by atoms with Gasteiger partial charge in [-0.05, 0) is 28.1 Å². The highest BCUT2D eigenvalue weighted by molar-refractivity contribution is 9.10. The lowest BCUT2D eigenvalue weighted by Gasteiger charge is -2.02. The van der Waals surface area contributed by atoms with Gasteiger partial charge in [-0.2, -0.15) is 0 Å². The molecule has 0 saturated carbocycles. The zero-order valence-electron chi connectivity index (χ0n) is 6.58. The van der Waals surface area contributed by atoms with E-state index in [1.54, 1.807) is 6.33 Å². The number of imidazole rings is 1. The molecule has 0 unspecified atom stereocenters. The average molecular weight is 226 g/mol. The molecule has 0 amide bonds. The first-order valence-electron chi connectivity index (χ1n) is 3.62. The Morgan fingerprint density at radius 2 is 2.33 bits per heavy atom. The van der Waals surface area contributed by atoms with Gasteiger partial charge < -0.3 is 5.32 Å². The van der Waals surface area contributed by atoms with Crippen molar-refractivity contribution >= 4 is 27.3 Å². The van der Waals surface area contributed by atoms with Crippen LogP contribution in [-0.4, -0.2) is 16.4 Å². The maximum absolute atomic E-state index is 4.14. The second-order valence-corrected chi connectivity index (χ2v) is 3.20. The summed E-state index contributed by atoms with van der Waals surface area (Å²) in [6.45, 7) is 0. The number of anilines is 1. The Hall–Kier alpha value is -1.03. The van der Waals surface area contributed by atoms with Gasteiger partial charge >= 0.3 is 0 Å². The fourth-order valence-corrected chi connectivity index (χ4v) is 1.61. The van der Waals surface area contributed by atoms with Gasteiger partial charge in [0.15, 0.2) is 0 Å². The summed E-state index contributed by atoms with van der Waals surface area (Å²) >= 11 is 3.37. The number of halogens is 1. The highest BCUT2D eigenvalue weighted by Gasteiger charge is 2.01. The minimum absolute atomic E-state index is 0.875. The van der Waals surface area contributed by atoms with Crippen LogP contribution in [0.5, 0.6) is 0 Å². The molecule has 0 radical (unpaired) electrons. The van der Waals surface area contributed by atoms with Crippen molar-refractivity contribution in [3.8, 4) is 0 Å². The lowest BCUT2D eigenvalue weighted by Crippen LogP contribution is -1.95. The highest BCUT2D eigenvalue weighted by Crippen LogP contribution is 2.19. The minimum Gasteiger partial charge on any atom is -0.374 e. The number of fused-ring (bicyclic) bond motifs is 1. The summed E-state index contributed by atoms with van der Waals surface area (Å²) < 4.78 is 2.86. The second-order valence-electron chi connectivity index (χ2n) is 2.45. The van der Waals surface area contributed by atoms with Crippen molar-refractivity contribution in [1.29, 1.82) is 0 Å². The van der Waals surface area contributed by atoms with Crippen LogP contribution in [0.3, 0.4) is 0 Å². The zero-order valence-corrected chi connectivity index (χ0v) is 8.17. The van der Waals surface area contributed by atoms with Gasteiger partial charge in [0, 0.05) is 7.05 Å². The van der Waals surface area contributed by atoms with E-state index in [-0.39, 0.29) is 0 Å². The molecule has 0 aliphatic carbocycles. The van der Waals surface area contributed by atoms with E-state index >= 15 is 0 Å². The molecule has 0 aliphatic heterocycles. The van der Waals surface area contributed by atoms with Crippen molar-refractivity contribution in [3.63, 3.8) is 0 Å². The smallest absolute Gasteiger partial charge is 0.131 e. The van der Waals surface area contributed by atoms with E-state index in [2.05, 4.69) is 26.2 Å². The zero-order chi connectivity index (χ0) is 8.55. The van der Waals surface area contributed by atoms with Crippen molar-refractivity contribution in [1.82, 2.24) is 9.38 Å². The number of pyridine rings is 1. The fraction of sp³-hybridized carbons (Fsp3) is 0.125. The molecule has 2 rings (SSSR count).